The Morgan fingerprint density at radius 3 is 2.24 bits per heavy atom. The molecule has 0 radical (unpaired) electrons. The lowest BCUT2D eigenvalue weighted by atomic mass is 10.2. The summed E-state index contributed by atoms with van der Waals surface area (Å²) in [7, 11) is -7.76. The summed E-state index contributed by atoms with van der Waals surface area (Å²) in [6.07, 6.45) is -1.28. The highest BCUT2D eigenvalue weighted by molar-refractivity contribution is 7.89. The van der Waals surface area contributed by atoms with Crippen LogP contribution >= 0.6 is 11.6 Å². The maximum atomic E-state index is 12.9. The number of hydrogen-bond acceptors (Lipinski definition) is 8. The molecule has 3 N–H and O–H groups in total. The number of rotatable bonds is 7. The molecule has 2 aromatic carbocycles. The van der Waals surface area contributed by atoms with Crippen molar-refractivity contribution >= 4 is 49.2 Å². The van der Waals surface area contributed by atoms with Gasteiger partial charge < -0.3 is 14.8 Å². The summed E-state index contributed by atoms with van der Waals surface area (Å²) in [6.45, 7) is 2.20. The number of sulfonamides is 2. The SMILES string of the molecule is CC(OC(=O)c1cc(S(=O)(=O)N2CCOCC2)ccc1Cl)C(=O)Nc1ccc(S(N)(=O)=O)cc1. The van der Waals surface area contributed by atoms with Crippen molar-refractivity contribution in [2.45, 2.75) is 22.8 Å². The molecule has 1 aliphatic rings. The molecule has 11 nitrogen and oxygen atoms in total. The minimum atomic E-state index is -3.88. The van der Waals surface area contributed by atoms with E-state index in [1.54, 1.807) is 0 Å². The first-order valence-corrected chi connectivity index (χ1v) is 13.3. The maximum Gasteiger partial charge on any atom is 0.340 e. The summed E-state index contributed by atoms with van der Waals surface area (Å²) in [5, 5.41) is 7.46. The molecule has 1 heterocycles. The smallest absolute Gasteiger partial charge is 0.340 e. The van der Waals surface area contributed by atoms with Gasteiger partial charge in [0.25, 0.3) is 5.91 Å². The van der Waals surface area contributed by atoms with Gasteiger partial charge in [-0.1, -0.05) is 11.6 Å². The Balaban J connectivity index is 1.70. The molecule has 184 valence electrons. The summed E-state index contributed by atoms with van der Waals surface area (Å²) >= 11 is 6.08. The fourth-order valence-corrected chi connectivity index (χ4v) is 5.15. The molecule has 3 rings (SSSR count). The van der Waals surface area contributed by atoms with Gasteiger partial charge >= 0.3 is 5.97 Å². The average Bonchev–Trinajstić information content (AvgIpc) is 2.79. The van der Waals surface area contributed by atoms with E-state index in [0.717, 1.165) is 6.07 Å². The number of carbonyl (C=O) groups excluding carboxylic acids is 2. The van der Waals surface area contributed by atoms with Crippen molar-refractivity contribution in [1.82, 2.24) is 4.31 Å². The largest absolute Gasteiger partial charge is 0.449 e. The molecule has 34 heavy (non-hydrogen) atoms. The number of morpholine rings is 1. The quantitative estimate of drug-likeness (QED) is 0.503. The van der Waals surface area contributed by atoms with Crippen molar-refractivity contribution < 1.29 is 35.9 Å². The van der Waals surface area contributed by atoms with Gasteiger partial charge in [-0.25, -0.2) is 26.8 Å². The van der Waals surface area contributed by atoms with Gasteiger partial charge in [0.15, 0.2) is 6.10 Å². The fraction of sp³-hybridized carbons (Fsp3) is 0.300. The van der Waals surface area contributed by atoms with Crippen molar-refractivity contribution in [3.63, 3.8) is 0 Å². The lowest BCUT2D eigenvalue weighted by molar-refractivity contribution is -0.123. The monoisotopic (exact) mass is 531 g/mol. The standard InChI is InChI=1S/C20H22ClN3O8S2/c1-13(19(25)23-14-2-4-15(5-3-14)33(22,27)28)32-20(26)17-12-16(6-7-18(17)21)34(29,30)24-8-10-31-11-9-24/h2-7,12-13H,8-11H2,1H3,(H,23,25)(H2,22,27,28). The highest BCUT2D eigenvalue weighted by Crippen LogP contribution is 2.25. The van der Waals surface area contributed by atoms with E-state index in [4.69, 9.17) is 26.2 Å². The number of primary sulfonamides is 1. The van der Waals surface area contributed by atoms with Gasteiger partial charge in [-0.3, -0.25) is 4.79 Å². The molecule has 14 heteroatoms. The van der Waals surface area contributed by atoms with Gasteiger partial charge in [0, 0.05) is 18.8 Å². The minimum absolute atomic E-state index is 0.0443. The van der Waals surface area contributed by atoms with Gasteiger partial charge in [0.05, 0.1) is 33.6 Å². The van der Waals surface area contributed by atoms with Gasteiger partial charge in [-0.05, 0) is 49.4 Å². The van der Waals surface area contributed by atoms with Crippen LogP contribution in [0, 0.1) is 0 Å². The first kappa shape index (κ1) is 26.1. The Kier molecular flexibility index (Phi) is 7.95. The number of nitrogens with zero attached hydrogens (tertiary/aromatic N) is 1. The Morgan fingerprint density at radius 2 is 1.65 bits per heavy atom. The molecule has 2 aromatic rings. The number of anilines is 1. The predicted octanol–water partition coefficient (Wildman–Crippen LogP) is 1.19. The molecule has 0 aliphatic carbocycles. The molecule has 1 unspecified atom stereocenters. The zero-order valence-electron chi connectivity index (χ0n) is 17.9. The molecule has 0 spiro atoms. The number of ether oxygens (including phenoxy) is 2. The van der Waals surface area contributed by atoms with E-state index in [9.17, 15) is 26.4 Å². The zero-order valence-corrected chi connectivity index (χ0v) is 20.3. The molecule has 0 bridgehead atoms. The van der Waals surface area contributed by atoms with E-state index in [-0.39, 0.29) is 52.4 Å². The predicted molar refractivity (Wildman–Crippen MR) is 122 cm³/mol. The third-order valence-corrected chi connectivity index (χ3v) is 8.02. The first-order chi connectivity index (χ1) is 15.9. The van der Waals surface area contributed by atoms with Crippen molar-refractivity contribution in [3.8, 4) is 0 Å². The third-order valence-electron chi connectivity index (χ3n) is 4.87. The Hall–Kier alpha value is -2.55. The second-order valence-corrected chi connectivity index (χ2v) is 11.2. The van der Waals surface area contributed by atoms with Gasteiger partial charge in [0.2, 0.25) is 20.0 Å². The molecule has 1 saturated heterocycles. The highest BCUT2D eigenvalue weighted by atomic mass is 35.5. The van der Waals surface area contributed by atoms with Crippen molar-refractivity contribution in [2.24, 2.45) is 5.14 Å². The van der Waals surface area contributed by atoms with Crippen LogP contribution in [0.2, 0.25) is 5.02 Å². The molecular weight excluding hydrogens is 510 g/mol. The lowest BCUT2D eigenvalue weighted by Gasteiger charge is -2.26. The topological polar surface area (TPSA) is 162 Å². The van der Waals surface area contributed by atoms with E-state index < -0.39 is 38.0 Å². The van der Waals surface area contributed by atoms with Crippen LogP contribution in [-0.2, 0) is 34.3 Å². The van der Waals surface area contributed by atoms with Crippen LogP contribution in [0.5, 0.6) is 0 Å². The van der Waals surface area contributed by atoms with Gasteiger partial charge in [0.1, 0.15) is 0 Å². The number of hydrogen-bond donors (Lipinski definition) is 2. The van der Waals surface area contributed by atoms with E-state index in [2.05, 4.69) is 5.32 Å². The number of nitrogens with one attached hydrogen (secondary N) is 1. The maximum absolute atomic E-state index is 12.9. The number of halogens is 1. The second-order valence-electron chi connectivity index (χ2n) is 7.26. The van der Waals surface area contributed by atoms with E-state index in [1.165, 1.54) is 47.6 Å². The van der Waals surface area contributed by atoms with Crippen LogP contribution < -0.4 is 10.5 Å². The van der Waals surface area contributed by atoms with Crippen molar-refractivity contribution in [3.05, 3.63) is 53.1 Å². The van der Waals surface area contributed by atoms with Crippen LogP contribution in [0.1, 0.15) is 17.3 Å². The first-order valence-electron chi connectivity index (χ1n) is 9.92. The van der Waals surface area contributed by atoms with Gasteiger partial charge in [-0.2, -0.15) is 4.31 Å². The number of amides is 1. The normalized spacial score (nSPS) is 16.0. The molecule has 1 atom stereocenters. The Labute approximate surface area is 201 Å². The fourth-order valence-electron chi connectivity index (χ4n) is 3.01. The summed E-state index contributed by atoms with van der Waals surface area (Å²) in [6, 6.07) is 8.72. The Morgan fingerprint density at radius 1 is 1.06 bits per heavy atom. The van der Waals surface area contributed by atoms with E-state index in [1.807, 2.05) is 0 Å². The summed E-state index contributed by atoms with van der Waals surface area (Å²) in [5.74, 6) is -1.69. The van der Waals surface area contributed by atoms with E-state index >= 15 is 0 Å². The van der Waals surface area contributed by atoms with Crippen LogP contribution in [0.15, 0.2) is 52.3 Å². The molecular formula is C20H22ClN3O8S2. The highest BCUT2D eigenvalue weighted by Gasteiger charge is 2.28. The van der Waals surface area contributed by atoms with Crippen LogP contribution in [-0.4, -0.2) is 65.4 Å². The number of carbonyl (C=O) groups is 2. The van der Waals surface area contributed by atoms with Crippen molar-refractivity contribution in [1.29, 1.82) is 0 Å². The molecule has 1 amide bonds. The second kappa shape index (κ2) is 10.4. The third kappa shape index (κ3) is 6.11. The van der Waals surface area contributed by atoms with Crippen molar-refractivity contribution in [2.75, 3.05) is 31.6 Å². The Bertz CT molecular complexity index is 1290. The molecule has 0 aromatic heterocycles. The van der Waals surface area contributed by atoms with Crippen LogP contribution in [0.3, 0.4) is 0 Å². The number of esters is 1. The minimum Gasteiger partial charge on any atom is -0.449 e. The van der Waals surface area contributed by atoms with Crippen LogP contribution in [0.4, 0.5) is 5.69 Å². The summed E-state index contributed by atoms with van der Waals surface area (Å²) in [4.78, 5) is 24.8. The lowest BCUT2D eigenvalue weighted by Crippen LogP contribution is -2.40. The van der Waals surface area contributed by atoms with E-state index in [0.29, 0.717) is 0 Å². The molecule has 1 aliphatic heterocycles. The summed E-state index contributed by atoms with van der Waals surface area (Å²) < 4.78 is 59.9. The van der Waals surface area contributed by atoms with Crippen LogP contribution in [0.25, 0.3) is 0 Å². The summed E-state index contributed by atoms with van der Waals surface area (Å²) in [5.41, 5.74) is 0.0325. The molecule has 1 fully saturated rings. The average molecular weight is 532 g/mol. The molecule has 0 saturated carbocycles. The number of nitrogens with two attached hydrogens (primary N) is 1. The van der Waals surface area contributed by atoms with Gasteiger partial charge in [-0.15, -0.1) is 0 Å². The zero-order chi connectivity index (χ0) is 25.1. The number of benzene rings is 2.